The van der Waals surface area contributed by atoms with Crippen molar-refractivity contribution >= 4 is 43.6 Å². The molecule has 0 amide bonds. The van der Waals surface area contributed by atoms with Gasteiger partial charge >= 0.3 is 0 Å². The summed E-state index contributed by atoms with van der Waals surface area (Å²) >= 11 is 0. The van der Waals surface area contributed by atoms with Gasteiger partial charge in [0.25, 0.3) is 0 Å². The number of rotatable bonds is 2. The van der Waals surface area contributed by atoms with Gasteiger partial charge in [-0.3, -0.25) is 0 Å². The standard InChI is InChI=1S/C30H20N2/c1-3-14-25-23(10-1)29-21(12-6-16-27(29)31-25)19-8-5-9-20(18-19)22-13-7-17-28-30(22)24-11-2-4-15-26(24)32-28/h1-18,31-32H. The minimum absolute atomic E-state index is 1.17. The number of fused-ring (bicyclic) bond motifs is 6. The zero-order valence-corrected chi connectivity index (χ0v) is 17.4. The van der Waals surface area contributed by atoms with Crippen molar-refractivity contribution in [3.8, 4) is 22.3 Å². The van der Waals surface area contributed by atoms with Crippen molar-refractivity contribution in [3.63, 3.8) is 0 Å². The van der Waals surface area contributed by atoms with Crippen molar-refractivity contribution in [3.05, 3.63) is 109 Å². The number of aromatic nitrogens is 2. The predicted molar refractivity (Wildman–Crippen MR) is 136 cm³/mol. The lowest BCUT2D eigenvalue weighted by Gasteiger charge is -2.09. The van der Waals surface area contributed by atoms with Crippen LogP contribution in [-0.4, -0.2) is 9.97 Å². The zero-order chi connectivity index (χ0) is 21.1. The molecule has 2 nitrogen and oxygen atoms in total. The fourth-order valence-corrected chi connectivity index (χ4v) is 5.14. The third-order valence-electron chi connectivity index (χ3n) is 6.54. The molecule has 0 spiro atoms. The Labute approximate surface area is 185 Å². The van der Waals surface area contributed by atoms with Crippen molar-refractivity contribution in [2.24, 2.45) is 0 Å². The Kier molecular flexibility index (Phi) is 3.58. The van der Waals surface area contributed by atoms with Crippen LogP contribution in [0.15, 0.2) is 109 Å². The first kappa shape index (κ1) is 17.4. The van der Waals surface area contributed by atoms with Gasteiger partial charge in [0.05, 0.1) is 0 Å². The maximum atomic E-state index is 3.57. The minimum Gasteiger partial charge on any atom is -0.354 e. The highest BCUT2D eigenvalue weighted by atomic mass is 14.7. The van der Waals surface area contributed by atoms with Gasteiger partial charge in [-0.05, 0) is 52.6 Å². The van der Waals surface area contributed by atoms with E-state index in [0.29, 0.717) is 0 Å². The normalized spacial score (nSPS) is 11.8. The molecular formula is C30H20N2. The second kappa shape index (κ2) is 6.60. The third kappa shape index (κ3) is 2.47. The molecular weight excluding hydrogens is 388 g/mol. The monoisotopic (exact) mass is 408 g/mol. The molecule has 0 aliphatic rings. The van der Waals surface area contributed by atoms with Gasteiger partial charge in [-0.1, -0.05) is 78.9 Å². The average Bonchev–Trinajstić information content (AvgIpc) is 3.42. The van der Waals surface area contributed by atoms with E-state index < -0.39 is 0 Å². The number of aromatic amines is 2. The highest BCUT2D eigenvalue weighted by Crippen LogP contribution is 2.38. The highest BCUT2D eigenvalue weighted by Gasteiger charge is 2.13. The van der Waals surface area contributed by atoms with Crippen LogP contribution in [0.25, 0.3) is 65.9 Å². The second-order valence-corrected chi connectivity index (χ2v) is 8.38. The first-order valence-electron chi connectivity index (χ1n) is 11.0. The molecule has 2 aromatic heterocycles. The fourth-order valence-electron chi connectivity index (χ4n) is 5.14. The van der Waals surface area contributed by atoms with Crippen LogP contribution < -0.4 is 0 Å². The minimum atomic E-state index is 1.17. The molecule has 2 heteroatoms. The van der Waals surface area contributed by atoms with Crippen LogP contribution in [0, 0.1) is 0 Å². The lowest BCUT2D eigenvalue weighted by atomic mass is 9.94. The number of nitrogens with one attached hydrogen (secondary N) is 2. The van der Waals surface area contributed by atoms with E-state index in [-0.39, 0.29) is 0 Å². The number of hydrogen-bond acceptors (Lipinski definition) is 0. The quantitative estimate of drug-likeness (QED) is 0.288. The molecule has 7 rings (SSSR count). The summed E-state index contributed by atoms with van der Waals surface area (Å²) in [6.45, 7) is 0. The van der Waals surface area contributed by atoms with Crippen LogP contribution >= 0.6 is 0 Å². The Balaban J connectivity index is 1.49. The van der Waals surface area contributed by atoms with E-state index in [9.17, 15) is 0 Å². The predicted octanol–water partition coefficient (Wildman–Crippen LogP) is 8.29. The van der Waals surface area contributed by atoms with E-state index in [4.69, 9.17) is 0 Å². The molecule has 32 heavy (non-hydrogen) atoms. The van der Waals surface area contributed by atoms with Crippen molar-refractivity contribution in [2.45, 2.75) is 0 Å². The maximum absolute atomic E-state index is 3.57. The summed E-state index contributed by atoms with van der Waals surface area (Å²) in [5.74, 6) is 0. The van der Waals surface area contributed by atoms with Crippen LogP contribution in [0.3, 0.4) is 0 Å². The lowest BCUT2D eigenvalue weighted by Crippen LogP contribution is -1.84. The Morgan fingerprint density at radius 3 is 1.34 bits per heavy atom. The van der Waals surface area contributed by atoms with Crippen molar-refractivity contribution in [2.75, 3.05) is 0 Å². The van der Waals surface area contributed by atoms with Crippen LogP contribution in [0.2, 0.25) is 0 Å². The number of H-pyrrole nitrogens is 2. The van der Waals surface area contributed by atoms with Gasteiger partial charge in [0, 0.05) is 43.6 Å². The fraction of sp³-hybridized carbons (Fsp3) is 0. The highest BCUT2D eigenvalue weighted by molar-refractivity contribution is 6.16. The Morgan fingerprint density at radius 1 is 0.375 bits per heavy atom. The molecule has 0 bridgehead atoms. The molecule has 2 N–H and O–H groups in total. The van der Waals surface area contributed by atoms with Crippen LogP contribution in [0.1, 0.15) is 0 Å². The first-order chi connectivity index (χ1) is 15.9. The Bertz CT molecular complexity index is 1650. The number of para-hydroxylation sites is 2. The van der Waals surface area contributed by atoms with E-state index in [1.807, 2.05) is 0 Å². The molecule has 2 heterocycles. The molecule has 0 radical (unpaired) electrons. The van der Waals surface area contributed by atoms with Gasteiger partial charge in [-0.15, -0.1) is 0 Å². The molecule has 0 fully saturated rings. The molecule has 0 atom stereocenters. The van der Waals surface area contributed by atoms with E-state index in [0.717, 1.165) is 0 Å². The Hall–Kier alpha value is -4.30. The third-order valence-corrected chi connectivity index (χ3v) is 6.54. The largest absolute Gasteiger partial charge is 0.354 e. The maximum Gasteiger partial charge on any atom is 0.0471 e. The van der Waals surface area contributed by atoms with E-state index in [1.54, 1.807) is 0 Å². The van der Waals surface area contributed by atoms with Gasteiger partial charge < -0.3 is 9.97 Å². The molecule has 0 unspecified atom stereocenters. The molecule has 0 aliphatic heterocycles. The van der Waals surface area contributed by atoms with Gasteiger partial charge in [0.1, 0.15) is 0 Å². The summed E-state index contributed by atoms with van der Waals surface area (Å²) < 4.78 is 0. The summed E-state index contributed by atoms with van der Waals surface area (Å²) in [7, 11) is 0. The summed E-state index contributed by atoms with van der Waals surface area (Å²) in [5, 5.41) is 5.10. The van der Waals surface area contributed by atoms with E-state index >= 15 is 0 Å². The molecule has 150 valence electrons. The molecule has 0 saturated carbocycles. The van der Waals surface area contributed by atoms with E-state index in [2.05, 4.69) is 119 Å². The molecule has 7 aromatic rings. The zero-order valence-electron chi connectivity index (χ0n) is 17.4. The number of hydrogen-bond donors (Lipinski definition) is 2. The molecule has 0 aliphatic carbocycles. The van der Waals surface area contributed by atoms with Gasteiger partial charge in [-0.2, -0.15) is 0 Å². The van der Waals surface area contributed by atoms with Crippen molar-refractivity contribution < 1.29 is 0 Å². The van der Waals surface area contributed by atoms with Crippen LogP contribution in [0.4, 0.5) is 0 Å². The van der Waals surface area contributed by atoms with Crippen molar-refractivity contribution in [1.82, 2.24) is 9.97 Å². The second-order valence-electron chi connectivity index (χ2n) is 8.38. The summed E-state index contributed by atoms with van der Waals surface area (Å²) in [5.41, 5.74) is 9.68. The van der Waals surface area contributed by atoms with Crippen molar-refractivity contribution in [1.29, 1.82) is 0 Å². The van der Waals surface area contributed by atoms with Crippen LogP contribution in [-0.2, 0) is 0 Å². The average molecular weight is 409 g/mol. The number of benzene rings is 5. The summed E-state index contributed by atoms with van der Waals surface area (Å²) in [6, 6.07) is 39.1. The summed E-state index contributed by atoms with van der Waals surface area (Å²) in [6.07, 6.45) is 0. The Morgan fingerprint density at radius 2 is 0.812 bits per heavy atom. The smallest absolute Gasteiger partial charge is 0.0471 e. The van der Waals surface area contributed by atoms with Gasteiger partial charge in [0.15, 0.2) is 0 Å². The van der Waals surface area contributed by atoms with Gasteiger partial charge in [0.2, 0.25) is 0 Å². The van der Waals surface area contributed by atoms with E-state index in [1.165, 1.54) is 65.9 Å². The molecule has 0 saturated heterocycles. The topological polar surface area (TPSA) is 31.6 Å². The summed E-state index contributed by atoms with van der Waals surface area (Å²) in [4.78, 5) is 7.14. The lowest BCUT2D eigenvalue weighted by molar-refractivity contribution is 1.54. The SMILES string of the molecule is c1cc(-c2cccc3[nH]c4ccccc4c23)cc(-c2cccc3[nH]c4ccccc4c23)c1. The van der Waals surface area contributed by atoms with Gasteiger partial charge in [-0.25, -0.2) is 0 Å². The first-order valence-corrected chi connectivity index (χ1v) is 11.0. The molecule has 5 aromatic carbocycles. The van der Waals surface area contributed by atoms with Crippen LogP contribution in [0.5, 0.6) is 0 Å².